The predicted molar refractivity (Wildman–Crippen MR) is 291 cm³/mol. The first kappa shape index (κ1) is 66.8. The standard InChI is InChI=1S/C38H60O6.C22H38O16/c1-12-22(2)32(42)44-31-30(43-24(4)40)33(5,6)19-26-25-13-14-28-35(9)17-15-23(3)34(7,8)27(35)16-18-36(28,10)37(25,11)20-29(41)38(26,31)21-39;1-3-4-5-33-19(31)17-15(30)16(36-20-13(28)11(26)9(7-24)35-20)18(22(32-2)37-17)38-21-14(29)12(27)10(25)8(6-23)34-21/h12-13,23,26-31,39,41H,14-21H2,1-11H3;8-18,20-30H,3-7H2,1-2H3/b22-12-;/t23-,26?,27?,28?,29+,30-,31-,35-,36+,37+,38-;8?,9-,10-,11+,12+,13?,14?,15-,16+,17?,18?,20-,21-,22+/m00/s1. The molecule has 0 aromatic rings. The molecule has 25 atom stereocenters. The molecule has 3 heterocycles. The molecular formula is C60H98O22. The molecule has 0 bridgehead atoms. The van der Waals surface area contributed by atoms with Gasteiger partial charge in [0.25, 0.3) is 0 Å². The van der Waals surface area contributed by atoms with Crippen molar-refractivity contribution in [1.29, 1.82) is 0 Å². The van der Waals surface area contributed by atoms with Gasteiger partial charge in [0, 0.05) is 25.0 Å². The number of aliphatic hydroxyl groups is 10. The summed E-state index contributed by atoms with van der Waals surface area (Å²) in [5.41, 5.74) is 0.211. The Morgan fingerprint density at radius 1 is 0.720 bits per heavy atom. The van der Waals surface area contributed by atoms with Crippen LogP contribution in [0.3, 0.4) is 0 Å². The Labute approximate surface area is 482 Å². The number of rotatable bonds is 15. The highest BCUT2D eigenvalue weighted by Gasteiger charge is 2.73. The fraction of sp³-hybridized carbons (Fsp3) is 0.883. The van der Waals surface area contributed by atoms with Crippen molar-refractivity contribution in [1.82, 2.24) is 0 Å². The van der Waals surface area contributed by atoms with Gasteiger partial charge in [-0.3, -0.25) is 4.79 Å². The quantitative estimate of drug-likeness (QED) is 0.0370. The third-order valence-electron chi connectivity index (χ3n) is 21.8. The van der Waals surface area contributed by atoms with E-state index < -0.39 is 146 Å². The third kappa shape index (κ3) is 11.5. The molecule has 3 saturated heterocycles. The van der Waals surface area contributed by atoms with Crippen molar-refractivity contribution < 1.29 is 108 Å². The van der Waals surface area contributed by atoms with Crippen molar-refractivity contribution in [3.05, 3.63) is 23.3 Å². The molecule has 0 spiro atoms. The van der Waals surface area contributed by atoms with E-state index in [0.29, 0.717) is 48.0 Å². The van der Waals surface area contributed by atoms with Gasteiger partial charge in [-0.25, -0.2) is 9.59 Å². The van der Waals surface area contributed by atoms with Gasteiger partial charge >= 0.3 is 17.9 Å². The Morgan fingerprint density at radius 3 is 1.88 bits per heavy atom. The number of allylic oxidation sites excluding steroid dienone is 3. The van der Waals surface area contributed by atoms with E-state index in [-0.39, 0.29) is 35.4 Å². The number of esters is 3. The minimum atomic E-state index is -1.84. The van der Waals surface area contributed by atoms with Crippen LogP contribution in [0.1, 0.15) is 141 Å². The van der Waals surface area contributed by atoms with Crippen LogP contribution >= 0.6 is 0 Å². The maximum absolute atomic E-state index is 13.3. The average Bonchev–Trinajstić information content (AvgIpc) is 1.09. The first-order valence-corrected chi connectivity index (χ1v) is 29.6. The molecule has 0 aromatic carbocycles. The molecule has 22 heteroatoms. The summed E-state index contributed by atoms with van der Waals surface area (Å²) in [6.45, 7) is 24.0. The third-order valence-corrected chi connectivity index (χ3v) is 21.8. The monoisotopic (exact) mass is 1170 g/mol. The van der Waals surface area contributed by atoms with Gasteiger partial charge in [0.05, 0.1) is 37.9 Å². The summed E-state index contributed by atoms with van der Waals surface area (Å²) >= 11 is 0. The first-order chi connectivity index (χ1) is 38.4. The molecule has 3 aliphatic heterocycles. The summed E-state index contributed by atoms with van der Waals surface area (Å²) < 4.78 is 50.4. The molecule has 470 valence electrons. The summed E-state index contributed by atoms with van der Waals surface area (Å²) in [5.74, 6) is -0.277. The molecule has 22 nitrogen and oxygen atoms in total. The lowest BCUT2D eigenvalue weighted by molar-refractivity contribution is -0.374. The SMILES string of the molecule is C/C=C(/C)C(=O)O[C@H]1[C@H](OC(C)=O)C(C)(C)CC2C3=CCC4[C@@]5(C)CC[C@H](C)C(C)(C)C5CC[C@@]4(C)[C@]3(C)C[C@@H](O)[C@]21CO.CCCCOC(=O)C1O[C@@H](OC)C(O[C@@H]2OC(CO)[C@H](O)[C@@H](O)C2O)[C@H](O[C@@H]2O[C@@H](CO)[C@@H](O)C2O)[C@@H]1O. The fourth-order valence-electron chi connectivity index (χ4n) is 16.3. The number of carbonyl (C=O) groups excluding carboxylic acids is 3. The van der Waals surface area contributed by atoms with Crippen LogP contribution < -0.4 is 0 Å². The number of carbonyl (C=O) groups is 3. The summed E-state index contributed by atoms with van der Waals surface area (Å²) in [5, 5.41) is 105. The Bertz CT molecular complexity index is 2290. The highest BCUT2D eigenvalue weighted by Crippen LogP contribution is 2.76. The number of aliphatic hydroxyl groups excluding tert-OH is 10. The number of hydrogen-bond donors (Lipinski definition) is 10. The van der Waals surface area contributed by atoms with Gasteiger partial charge in [0.2, 0.25) is 0 Å². The first-order valence-electron chi connectivity index (χ1n) is 29.6. The molecule has 4 saturated carbocycles. The lowest BCUT2D eigenvalue weighted by Gasteiger charge is -2.72. The van der Waals surface area contributed by atoms with Crippen molar-refractivity contribution in [3.8, 4) is 0 Å². The highest BCUT2D eigenvalue weighted by atomic mass is 16.8. The Balaban J connectivity index is 0.000000239. The minimum Gasteiger partial charge on any atom is -0.464 e. The molecule has 0 radical (unpaired) electrons. The van der Waals surface area contributed by atoms with E-state index in [1.807, 2.05) is 6.92 Å². The van der Waals surface area contributed by atoms with E-state index in [4.69, 9.17) is 42.6 Å². The molecule has 7 fully saturated rings. The van der Waals surface area contributed by atoms with E-state index in [1.54, 1.807) is 19.9 Å². The molecule has 10 N–H and O–H groups in total. The van der Waals surface area contributed by atoms with Crippen LogP contribution in [0.2, 0.25) is 0 Å². The van der Waals surface area contributed by atoms with Crippen molar-refractivity contribution in [2.24, 2.45) is 56.2 Å². The van der Waals surface area contributed by atoms with Crippen LogP contribution in [0, 0.1) is 56.2 Å². The van der Waals surface area contributed by atoms with Gasteiger partial charge < -0.3 is 93.7 Å². The zero-order chi connectivity index (χ0) is 61.0. The smallest absolute Gasteiger partial charge is 0.338 e. The fourth-order valence-corrected chi connectivity index (χ4v) is 16.3. The molecule has 0 amide bonds. The molecular weight excluding hydrogens is 1070 g/mol. The van der Waals surface area contributed by atoms with Gasteiger partial charge in [-0.2, -0.15) is 0 Å². The summed E-state index contributed by atoms with van der Waals surface area (Å²) in [6.07, 6.45) is -12.9. The van der Waals surface area contributed by atoms with Crippen molar-refractivity contribution in [3.63, 3.8) is 0 Å². The largest absolute Gasteiger partial charge is 0.464 e. The second-order valence-electron chi connectivity index (χ2n) is 26.9. The highest BCUT2D eigenvalue weighted by molar-refractivity contribution is 5.88. The molecule has 8 unspecified atom stereocenters. The van der Waals surface area contributed by atoms with Gasteiger partial charge in [0.1, 0.15) is 67.1 Å². The summed E-state index contributed by atoms with van der Waals surface area (Å²) in [6, 6.07) is 0. The van der Waals surface area contributed by atoms with Crippen LogP contribution in [0.5, 0.6) is 0 Å². The normalized spacial score (nSPS) is 46.7. The molecule has 8 aliphatic rings. The lowest BCUT2D eigenvalue weighted by atomic mass is 9.32. The summed E-state index contributed by atoms with van der Waals surface area (Å²) in [4.78, 5) is 38.5. The second kappa shape index (κ2) is 25.5. The van der Waals surface area contributed by atoms with E-state index in [9.17, 15) is 65.4 Å². The van der Waals surface area contributed by atoms with E-state index in [2.05, 4.69) is 61.5 Å². The maximum Gasteiger partial charge on any atom is 0.338 e. The van der Waals surface area contributed by atoms with Crippen LogP contribution in [0.15, 0.2) is 23.3 Å². The minimum absolute atomic E-state index is 0.0217. The number of ether oxygens (including phenoxy) is 9. The van der Waals surface area contributed by atoms with Crippen LogP contribution in [0.25, 0.3) is 0 Å². The van der Waals surface area contributed by atoms with E-state index in [1.165, 1.54) is 38.9 Å². The predicted octanol–water partition coefficient (Wildman–Crippen LogP) is 2.49. The number of fused-ring (bicyclic) bond motifs is 7. The molecule has 8 rings (SSSR count). The Kier molecular flexibility index (Phi) is 20.8. The molecule has 82 heavy (non-hydrogen) atoms. The maximum atomic E-state index is 13.3. The number of hydrogen-bond acceptors (Lipinski definition) is 22. The zero-order valence-electron chi connectivity index (χ0n) is 50.3. The van der Waals surface area contributed by atoms with Crippen molar-refractivity contribution in [2.75, 3.05) is 33.5 Å². The zero-order valence-corrected chi connectivity index (χ0v) is 50.3. The second-order valence-corrected chi connectivity index (χ2v) is 26.9. The number of unbranched alkanes of at least 4 members (excludes halogenated alkanes) is 1. The molecule has 0 aromatic heterocycles. The van der Waals surface area contributed by atoms with E-state index >= 15 is 0 Å². The van der Waals surface area contributed by atoms with Gasteiger partial charge in [-0.15, -0.1) is 0 Å². The molecule has 5 aliphatic carbocycles. The van der Waals surface area contributed by atoms with Crippen LogP contribution in [0.4, 0.5) is 0 Å². The lowest BCUT2D eigenvalue weighted by Crippen LogP contribution is -2.72. The van der Waals surface area contributed by atoms with Crippen molar-refractivity contribution >= 4 is 17.9 Å². The number of methoxy groups -OCH3 is 1. The van der Waals surface area contributed by atoms with Crippen LogP contribution in [-0.2, 0) is 57.0 Å². The van der Waals surface area contributed by atoms with E-state index in [0.717, 1.165) is 19.3 Å². The topological polar surface area (TPSA) is 337 Å². The van der Waals surface area contributed by atoms with Crippen molar-refractivity contribution in [2.45, 2.75) is 245 Å². The van der Waals surface area contributed by atoms with Crippen LogP contribution in [-0.4, -0.2) is 207 Å². The average molecular weight is 1170 g/mol. The van der Waals surface area contributed by atoms with Gasteiger partial charge in [-0.1, -0.05) is 86.5 Å². The van der Waals surface area contributed by atoms with Gasteiger partial charge in [0.15, 0.2) is 31.1 Å². The Morgan fingerprint density at radius 2 is 1.32 bits per heavy atom. The Hall–Kier alpha value is -2.75. The van der Waals surface area contributed by atoms with Gasteiger partial charge in [-0.05, 0) is 111 Å². The summed E-state index contributed by atoms with van der Waals surface area (Å²) in [7, 11) is 1.18.